The summed E-state index contributed by atoms with van der Waals surface area (Å²) in [6, 6.07) is 0. The van der Waals surface area contributed by atoms with Gasteiger partial charge in [0.05, 0.1) is 19.1 Å². The normalized spacial score (nSPS) is 24.8. The van der Waals surface area contributed by atoms with E-state index in [1.807, 2.05) is 30.6 Å². The van der Waals surface area contributed by atoms with Gasteiger partial charge in [-0.3, -0.25) is 9.59 Å². The highest BCUT2D eigenvalue weighted by atomic mass is 16.7. The molecule has 1 aromatic rings. The number of hydrogen-bond acceptors (Lipinski definition) is 4. The van der Waals surface area contributed by atoms with Crippen LogP contribution in [0.2, 0.25) is 0 Å². The van der Waals surface area contributed by atoms with Gasteiger partial charge in [0.15, 0.2) is 5.79 Å². The lowest BCUT2D eigenvalue weighted by Crippen LogP contribution is -2.52. The van der Waals surface area contributed by atoms with Crippen molar-refractivity contribution in [2.45, 2.75) is 52.2 Å². The van der Waals surface area contributed by atoms with Gasteiger partial charge in [0, 0.05) is 44.7 Å². The number of carbonyl (C=O) groups is 2. The van der Waals surface area contributed by atoms with Crippen LogP contribution < -0.4 is 0 Å². The molecule has 154 valence electrons. The second-order valence-electron chi connectivity index (χ2n) is 8.40. The van der Waals surface area contributed by atoms with Gasteiger partial charge in [0.25, 0.3) is 5.91 Å². The number of aryl methyl sites for hydroxylation is 1. The number of hydrogen-bond donors (Lipinski definition) is 1. The van der Waals surface area contributed by atoms with E-state index in [0.717, 1.165) is 42.5 Å². The van der Waals surface area contributed by atoms with Gasteiger partial charge in [-0.2, -0.15) is 0 Å². The number of aromatic nitrogens is 1. The van der Waals surface area contributed by atoms with Crippen LogP contribution in [0.3, 0.4) is 0 Å². The molecule has 0 unspecified atom stereocenters. The fraction of sp³-hybridized carbons (Fsp3) is 0.714. The Bertz CT molecular complexity index is 756. The van der Waals surface area contributed by atoms with Crippen molar-refractivity contribution in [3.8, 4) is 0 Å². The zero-order valence-corrected chi connectivity index (χ0v) is 17.2. The van der Waals surface area contributed by atoms with Crippen LogP contribution in [0.25, 0.3) is 0 Å². The van der Waals surface area contributed by atoms with Crippen LogP contribution in [0.1, 0.15) is 53.0 Å². The number of amides is 2. The summed E-state index contributed by atoms with van der Waals surface area (Å²) in [5.41, 5.74) is 3.84. The third-order valence-electron chi connectivity index (χ3n) is 6.73. The van der Waals surface area contributed by atoms with Gasteiger partial charge in [0.1, 0.15) is 5.69 Å². The summed E-state index contributed by atoms with van der Waals surface area (Å²) in [6.45, 7) is 9.83. The average Bonchev–Trinajstić information content (AvgIpc) is 3.27. The quantitative estimate of drug-likeness (QED) is 0.841. The fourth-order valence-electron chi connectivity index (χ4n) is 4.69. The third-order valence-corrected chi connectivity index (χ3v) is 6.73. The molecule has 4 heterocycles. The number of likely N-dealkylation sites (tertiary alicyclic amines) is 2. The van der Waals surface area contributed by atoms with Crippen molar-refractivity contribution in [2.24, 2.45) is 5.92 Å². The molecule has 28 heavy (non-hydrogen) atoms. The first kappa shape index (κ1) is 19.5. The van der Waals surface area contributed by atoms with Crippen molar-refractivity contribution in [1.82, 2.24) is 14.8 Å². The molecule has 2 amide bonds. The molecule has 3 fully saturated rings. The number of ether oxygens (including phenoxy) is 2. The minimum Gasteiger partial charge on any atom is -0.354 e. The van der Waals surface area contributed by atoms with E-state index in [0.29, 0.717) is 45.1 Å². The lowest BCUT2D eigenvalue weighted by Gasteiger charge is -2.40. The predicted molar refractivity (Wildman–Crippen MR) is 104 cm³/mol. The van der Waals surface area contributed by atoms with Crippen LogP contribution in [0, 0.1) is 26.7 Å². The Morgan fingerprint density at radius 3 is 2.29 bits per heavy atom. The first-order chi connectivity index (χ1) is 13.4. The van der Waals surface area contributed by atoms with Crippen LogP contribution >= 0.6 is 0 Å². The minimum absolute atomic E-state index is 0.0107. The lowest BCUT2D eigenvalue weighted by molar-refractivity contribution is -0.188. The molecule has 1 spiro atoms. The summed E-state index contributed by atoms with van der Waals surface area (Å²) in [6.07, 6.45) is 3.17. The van der Waals surface area contributed by atoms with Gasteiger partial charge < -0.3 is 24.3 Å². The first-order valence-corrected chi connectivity index (χ1v) is 10.4. The summed E-state index contributed by atoms with van der Waals surface area (Å²) < 4.78 is 11.5. The van der Waals surface area contributed by atoms with Crippen LogP contribution in [0.4, 0.5) is 0 Å². The van der Waals surface area contributed by atoms with E-state index in [4.69, 9.17) is 9.47 Å². The van der Waals surface area contributed by atoms with E-state index in [2.05, 4.69) is 4.98 Å². The number of nitrogens with one attached hydrogen (secondary N) is 1. The molecule has 7 nitrogen and oxygen atoms in total. The average molecular weight is 389 g/mol. The molecule has 1 N–H and O–H groups in total. The first-order valence-electron chi connectivity index (χ1n) is 10.4. The largest absolute Gasteiger partial charge is 0.354 e. The molecule has 1 aromatic heterocycles. The van der Waals surface area contributed by atoms with Crippen LogP contribution in [0.5, 0.6) is 0 Å². The Balaban J connectivity index is 1.39. The molecule has 0 bridgehead atoms. The van der Waals surface area contributed by atoms with Crippen LogP contribution in [-0.4, -0.2) is 71.8 Å². The van der Waals surface area contributed by atoms with E-state index in [1.54, 1.807) is 0 Å². The lowest BCUT2D eigenvalue weighted by atomic mass is 9.94. The highest BCUT2D eigenvalue weighted by molar-refractivity contribution is 5.95. The molecule has 0 aromatic carbocycles. The molecule has 1 atom stereocenters. The summed E-state index contributed by atoms with van der Waals surface area (Å²) in [5, 5.41) is 0. The van der Waals surface area contributed by atoms with E-state index in [9.17, 15) is 9.59 Å². The third kappa shape index (κ3) is 3.46. The van der Waals surface area contributed by atoms with Crippen molar-refractivity contribution >= 4 is 11.8 Å². The summed E-state index contributed by atoms with van der Waals surface area (Å²) in [4.78, 5) is 33.1. The summed E-state index contributed by atoms with van der Waals surface area (Å²) in [7, 11) is 0. The second kappa shape index (κ2) is 7.52. The maximum Gasteiger partial charge on any atom is 0.270 e. The molecule has 3 aliphatic rings. The zero-order chi connectivity index (χ0) is 19.9. The topological polar surface area (TPSA) is 74.9 Å². The minimum atomic E-state index is -0.466. The molecule has 4 rings (SSSR count). The number of piperidine rings is 2. The van der Waals surface area contributed by atoms with Crippen LogP contribution in [0.15, 0.2) is 0 Å². The Kier molecular flexibility index (Phi) is 5.22. The van der Waals surface area contributed by atoms with E-state index in [1.165, 1.54) is 0 Å². The maximum absolute atomic E-state index is 13.1. The standard InChI is InChI=1S/C21H31N3O4/c1-14-15(2)18(22-16(14)3)20(26)24-8-4-5-17(13-24)19(25)23-9-6-21(7-10-23)27-11-12-28-21/h17,22H,4-13H2,1-3H3/t17-/m1/s1. The molecular weight excluding hydrogens is 358 g/mol. The SMILES string of the molecule is Cc1[nH]c(C(=O)N2CCC[C@@H](C(=O)N3CCC4(CC3)OCCO4)C2)c(C)c1C. The molecule has 3 saturated heterocycles. The van der Waals surface area contributed by atoms with Gasteiger partial charge in [-0.15, -0.1) is 0 Å². The maximum atomic E-state index is 13.1. The smallest absolute Gasteiger partial charge is 0.270 e. The van der Waals surface area contributed by atoms with E-state index in [-0.39, 0.29) is 17.7 Å². The van der Waals surface area contributed by atoms with Crippen molar-refractivity contribution in [3.63, 3.8) is 0 Å². The van der Waals surface area contributed by atoms with Crippen molar-refractivity contribution in [2.75, 3.05) is 39.4 Å². The molecule has 0 aliphatic carbocycles. The Morgan fingerprint density at radius 1 is 1.00 bits per heavy atom. The Labute approximate surface area is 166 Å². The van der Waals surface area contributed by atoms with Gasteiger partial charge in [0.2, 0.25) is 5.91 Å². The van der Waals surface area contributed by atoms with Crippen LogP contribution in [-0.2, 0) is 14.3 Å². The number of aromatic amines is 1. The van der Waals surface area contributed by atoms with Crippen molar-refractivity contribution in [3.05, 3.63) is 22.5 Å². The van der Waals surface area contributed by atoms with Gasteiger partial charge in [-0.25, -0.2) is 0 Å². The number of H-pyrrole nitrogens is 1. The molecule has 3 aliphatic heterocycles. The number of carbonyl (C=O) groups excluding carboxylic acids is 2. The predicted octanol–water partition coefficient (Wildman–Crippen LogP) is 2.16. The van der Waals surface area contributed by atoms with Crippen molar-refractivity contribution < 1.29 is 19.1 Å². The zero-order valence-electron chi connectivity index (χ0n) is 17.2. The second-order valence-corrected chi connectivity index (χ2v) is 8.40. The van der Waals surface area contributed by atoms with E-state index < -0.39 is 5.79 Å². The van der Waals surface area contributed by atoms with Crippen molar-refractivity contribution in [1.29, 1.82) is 0 Å². The molecule has 0 saturated carbocycles. The highest BCUT2D eigenvalue weighted by Gasteiger charge is 2.42. The monoisotopic (exact) mass is 389 g/mol. The fourth-order valence-corrected chi connectivity index (χ4v) is 4.69. The molecular formula is C21H31N3O4. The van der Waals surface area contributed by atoms with Gasteiger partial charge in [-0.1, -0.05) is 0 Å². The highest BCUT2D eigenvalue weighted by Crippen LogP contribution is 2.32. The van der Waals surface area contributed by atoms with Gasteiger partial charge in [-0.05, 0) is 44.7 Å². The Hall–Kier alpha value is -1.86. The number of nitrogens with zero attached hydrogens (tertiary/aromatic N) is 2. The summed E-state index contributed by atoms with van der Waals surface area (Å²) in [5.74, 6) is -0.404. The van der Waals surface area contributed by atoms with Gasteiger partial charge >= 0.3 is 0 Å². The molecule has 0 radical (unpaired) electrons. The summed E-state index contributed by atoms with van der Waals surface area (Å²) >= 11 is 0. The van der Waals surface area contributed by atoms with E-state index >= 15 is 0 Å². The Morgan fingerprint density at radius 2 is 1.68 bits per heavy atom. The molecule has 7 heteroatoms. The number of rotatable bonds is 2.